The molecular weight excluding hydrogens is 452 g/mol. The Morgan fingerprint density at radius 2 is 1.15 bits per heavy atom. The molecule has 0 aliphatic rings. The maximum absolute atomic E-state index is 7.61. The lowest BCUT2D eigenvalue weighted by Crippen LogP contribution is -2.11. The fourth-order valence-corrected chi connectivity index (χ4v) is 5.22. The van der Waals surface area contributed by atoms with Gasteiger partial charge in [-0.15, -0.1) is 23.5 Å². The quantitative estimate of drug-likeness (QED) is 0.181. The minimum atomic E-state index is 0.0261. The SMILES string of the molecule is COc1cc(C(=N)N)ccc1SCc1cc(C)cc(CSc2ccc(C(=N)N)cc2OC)c1. The number of hydrogen-bond donors (Lipinski definition) is 4. The van der Waals surface area contributed by atoms with Crippen LogP contribution in [0.3, 0.4) is 0 Å². The van der Waals surface area contributed by atoms with Crippen LogP contribution in [0.2, 0.25) is 0 Å². The average molecular weight is 481 g/mol. The molecule has 3 aromatic carbocycles. The second kappa shape index (κ2) is 11.2. The van der Waals surface area contributed by atoms with E-state index in [1.807, 2.05) is 24.3 Å². The van der Waals surface area contributed by atoms with Crippen LogP contribution in [0.5, 0.6) is 11.5 Å². The Bertz CT molecular complexity index is 1090. The minimum absolute atomic E-state index is 0.0261. The number of nitrogen functional groups attached to an aromatic ring is 2. The van der Waals surface area contributed by atoms with Gasteiger partial charge in [0.05, 0.1) is 14.2 Å². The highest BCUT2D eigenvalue weighted by atomic mass is 32.2. The second-order valence-corrected chi connectivity index (χ2v) is 9.50. The molecule has 0 bridgehead atoms. The van der Waals surface area contributed by atoms with Crippen molar-refractivity contribution in [3.05, 3.63) is 82.4 Å². The largest absolute Gasteiger partial charge is 0.496 e. The van der Waals surface area contributed by atoms with E-state index in [1.54, 1.807) is 49.9 Å². The van der Waals surface area contributed by atoms with Gasteiger partial charge in [0, 0.05) is 32.4 Å². The number of nitrogens with two attached hydrogens (primary N) is 2. The Labute approximate surface area is 203 Å². The molecule has 0 atom stereocenters. The van der Waals surface area contributed by atoms with Gasteiger partial charge in [0.15, 0.2) is 0 Å². The molecule has 0 aromatic heterocycles. The van der Waals surface area contributed by atoms with E-state index < -0.39 is 0 Å². The zero-order valence-corrected chi connectivity index (χ0v) is 20.5. The van der Waals surface area contributed by atoms with Crippen LogP contribution in [0.25, 0.3) is 0 Å². The topological polar surface area (TPSA) is 118 Å². The summed E-state index contributed by atoms with van der Waals surface area (Å²) in [4.78, 5) is 2.02. The molecule has 0 aliphatic heterocycles. The van der Waals surface area contributed by atoms with E-state index in [4.69, 9.17) is 31.8 Å². The van der Waals surface area contributed by atoms with Crippen LogP contribution in [0.15, 0.2) is 64.4 Å². The van der Waals surface area contributed by atoms with Gasteiger partial charge in [-0.3, -0.25) is 10.8 Å². The van der Waals surface area contributed by atoms with Crippen molar-refractivity contribution in [3.63, 3.8) is 0 Å². The lowest BCUT2D eigenvalue weighted by Gasteiger charge is -2.12. The highest BCUT2D eigenvalue weighted by molar-refractivity contribution is 7.98. The van der Waals surface area contributed by atoms with E-state index in [1.165, 1.54) is 16.7 Å². The molecule has 0 unspecified atom stereocenters. The Morgan fingerprint density at radius 1 is 0.727 bits per heavy atom. The summed E-state index contributed by atoms with van der Waals surface area (Å²) in [5, 5.41) is 15.2. The molecule has 0 saturated carbocycles. The van der Waals surface area contributed by atoms with Crippen molar-refractivity contribution in [1.29, 1.82) is 10.8 Å². The minimum Gasteiger partial charge on any atom is -0.496 e. The Kier molecular flexibility index (Phi) is 8.30. The monoisotopic (exact) mass is 480 g/mol. The first-order valence-corrected chi connectivity index (χ1v) is 12.2. The van der Waals surface area contributed by atoms with Gasteiger partial charge in [0.2, 0.25) is 0 Å². The first-order valence-electron chi connectivity index (χ1n) is 10.2. The van der Waals surface area contributed by atoms with E-state index in [-0.39, 0.29) is 11.7 Å². The van der Waals surface area contributed by atoms with Crippen molar-refractivity contribution in [2.24, 2.45) is 11.5 Å². The molecule has 8 heteroatoms. The summed E-state index contributed by atoms with van der Waals surface area (Å²) in [6, 6.07) is 17.8. The van der Waals surface area contributed by atoms with Crippen molar-refractivity contribution in [2.45, 2.75) is 28.2 Å². The summed E-state index contributed by atoms with van der Waals surface area (Å²) >= 11 is 3.38. The lowest BCUT2D eigenvalue weighted by molar-refractivity contribution is 0.404. The summed E-state index contributed by atoms with van der Waals surface area (Å²) in [7, 11) is 3.26. The van der Waals surface area contributed by atoms with Gasteiger partial charge in [-0.05, 0) is 54.4 Å². The molecule has 172 valence electrons. The van der Waals surface area contributed by atoms with Crippen LogP contribution in [-0.2, 0) is 11.5 Å². The van der Waals surface area contributed by atoms with Crippen molar-refractivity contribution < 1.29 is 9.47 Å². The van der Waals surface area contributed by atoms with Gasteiger partial charge in [-0.2, -0.15) is 0 Å². The number of aryl methyl sites for hydroxylation is 1. The molecule has 6 nitrogen and oxygen atoms in total. The Hall–Kier alpha value is -3.10. The number of amidine groups is 2. The molecule has 3 aromatic rings. The van der Waals surface area contributed by atoms with Crippen LogP contribution in [0, 0.1) is 17.7 Å². The Balaban J connectivity index is 1.72. The number of benzene rings is 3. The Morgan fingerprint density at radius 3 is 1.52 bits per heavy atom. The van der Waals surface area contributed by atoms with Crippen molar-refractivity contribution in [3.8, 4) is 11.5 Å². The molecule has 0 spiro atoms. The van der Waals surface area contributed by atoms with Crippen LogP contribution in [-0.4, -0.2) is 25.9 Å². The van der Waals surface area contributed by atoms with Gasteiger partial charge in [-0.25, -0.2) is 0 Å². The standard InChI is InChI=1S/C25H28N4O2S2/c1-15-8-16(13-32-22-6-4-18(24(26)27)11-20(22)30-2)10-17(9-15)14-33-23-7-5-19(25(28)29)12-21(23)31-3/h4-12H,13-14H2,1-3H3,(H3,26,27)(H3,28,29). The first-order chi connectivity index (χ1) is 15.8. The fourth-order valence-electron chi connectivity index (χ4n) is 3.35. The number of hydrogen-bond acceptors (Lipinski definition) is 6. The third-order valence-corrected chi connectivity index (χ3v) is 7.19. The van der Waals surface area contributed by atoms with E-state index in [9.17, 15) is 0 Å². The van der Waals surface area contributed by atoms with E-state index in [0.29, 0.717) is 11.1 Å². The zero-order valence-electron chi connectivity index (χ0n) is 18.9. The highest BCUT2D eigenvalue weighted by Crippen LogP contribution is 2.35. The average Bonchev–Trinajstić information content (AvgIpc) is 2.80. The van der Waals surface area contributed by atoms with Gasteiger partial charge in [0.1, 0.15) is 23.2 Å². The first kappa shape index (κ1) is 24.5. The van der Waals surface area contributed by atoms with Crippen LogP contribution < -0.4 is 20.9 Å². The van der Waals surface area contributed by atoms with Gasteiger partial charge >= 0.3 is 0 Å². The van der Waals surface area contributed by atoms with Crippen molar-refractivity contribution in [1.82, 2.24) is 0 Å². The molecule has 0 heterocycles. The smallest absolute Gasteiger partial charge is 0.133 e. The van der Waals surface area contributed by atoms with Gasteiger partial charge in [-0.1, -0.05) is 23.8 Å². The number of thioether (sulfide) groups is 2. The molecule has 3 rings (SSSR count). The maximum Gasteiger partial charge on any atom is 0.133 e. The second-order valence-electron chi connectivity index (χ2n) is 7.46. The van der Waals surface area contributed by atoms with Gasteiger partial charge < -0.3 is 20.9 Å². The fraction of sp³-hybridized carbons (Fsp3) is 0.200. The van der Waals surface area contributed by atoms with Crippen molar-refractivity contribution in [2.75, 3.05) is 14.2 Å². The summed E-state index contributed by atoms with van der Waals surface area (Å²) in [6.45, 7) is 2.10. The lowest BCUT2D eigenvalue weighted by atomic mass is 10.1. The van der Waals surface area contributed by atoms with E-state index >= 15 is 0 Å². The van der Waals surface area contributed by atoms with Gasteiger partial charge in [0.25, 0.3) is 0 Å². The molecule has 6 N–H and O–H groups in total. The third-order valence-electron chi connectivity index (χ3n) is 4.93. The molecule has 0 saturated heterocycles. The van der Waals surface area contributed by atoms with Crippen LogP contribution in [0.1, 0.15) is 27.8 Å². The normalized spacial score (nSPS) is 10.6. The summed E-state index contributed by atoms with van der Waals surface area (Å²) in [5.41, 5.74) is 16.2. The summed E-state index contributed by atoms with van der Waals surface area (Å²) in [5.74, 6) is 3.09. The zero-order chi connectivity index (χ0) is 24.0. The van der Waals surface area contributed by atoms with Crippen LogP contribution >= 0.6 is 23.5 Å². The van der Waals surface area contributed by atoms with E-state index in [2.05, 4.69) is 25.1 Å². The van der Waals surface area contributed by atoms with Crippen molar-refractivity contribution >= 4 is 35.2 Å². The predicted octanol–water partition coefficient (Wildman–Crippen LogP) is 5.16. The number of nitrogens with one attached hydrogen (secondary N) is 2. The maximum atomic E-state index is 7.61. The highest BCUT2D eigenvalue weighted by Gasteiger charge is 2.10. The molecule has 0 aliphatic carbocycles. The summed E-state index contributed by atoms with van der Waals surface area (Å²) < 4.78 is 11.0. The summed E-state index contributed by atoms with van der Waals surface area (Å²) in [6.07, 6.45) is 0. The number of ether oxygens (including phenoxy) is 2. The number of methoxy groups -OCH3 is 2. The molecule has 0 amide bonds. The molecular formula is C25H28N4O2S2. The van der Waals surface area contributed by atoms with E-state index in [0.717, 1.165) is 32.8 Å². The number of rotatable bonds is 10. The predicted molar refractivity (Wildman–Crippen MR) is 138 cm³/mol. The molecule has 33 heavy (non-hydrogen) atoms. The van der Waals surface area contributed by atoms with Crippen LogP contribution in [0.4, 0.5) is 0 Å². The molecule has 0 fully saturated rings. The molecule has 0 radical (unpaired) electrons. The third kappa shape index (κ3) is 6.46.